The molecule has 1 atom stereocenters. The van der Waals surface area contributed by atoms with Gasteiger partial charge in [0.05, 0.1) is 16.7 Å². The summed E-state index contributed by atoms with van der Waals surface area (Å²) < 4.78 is 5.97. The van der Waals surface area contributed by atoms with Gasteiger partial charge in [-0.15, -0.1) is 11.8 Å². The van der Waals surface area contributed by atoms with Gasteiger partial charge in [0.1, 0.15) is 5.75 Å². The summed E-state index contributed by atoms with van der Waals surface area (Å²) in [6, 6.07) is 13.2. The van der Waals surface area contributed by atoms with E-state index in [4.69, 9.17) is 4.74 Å². The number of rotatable bonds is 7. The number of fused-ring (bicyclic) bond motifs is 1. The lowest BCUT2D eigenvalue weighted by atomic mass is 10.00. The quantitative estimate of drug-likeness (QED) is 0.603. The number of nitrogens with zero attached hydrogens (tertiary/aromatic N) is 2. The summed E-state index contributed by atoms with van der Waals surface area (Å²) in [5, 5.41) is 3.96. The molecule has 0 radical (unpaired) electrons. The van der Waals surface area contributed by atoms with Crippen molar-refractivity contribution in [1.82, 2.24) is 15.3 Å². The molecule has 1 N–H and O–H groups in total. The molecule has 0 bridgehead atoms. The SMILES string of the molecule is C=Cc1cnc2ccc(OC(SC)C(=O)NC(C)(C)c3ccccn3)cc2c1. The van der Waals surface area contributed by atoms with Crippen LogP contribution in [-0.4, -0.2) is 27.6 Å². The van der Waals surface area contributed by atoms with Crippen LogP contribution < -0.4 is 10.1 Å². The van der Waals surface area contributed by atoms with Crippen LogP contribution in [0.25, 0.3) is 17.0 Å². The fourth-order valence-corrected chi connectivity index (χ4v) is 3.29. The first-order chi connectivity index (χ1) is 13.4. The molecule has 3 aromatic rings. The van der Waals surface area contributed by atoms with Gasteiger partial charge < -0.3 is 10.1 Å². The largest absolute Gasteiger partial charge is 0.470 e. The van der Waals surface area contributed by atoms with E-state index in [1.54, 1.807) is 18.5 Å². The zero-order valence-electron chi connectivity index (χ0n) is 16.2. The molecular formula is C22H23N3O2S. The zero-order valence-corrected chi connectivity index (χ0v) is 17.0. The van der Waals surface area contributed by atoms with Crippen LogP contribution in [0.2, 0.25) is 0 Å². The molecule has 1 amide bonds. The normalized spacial score (nSPS) is 12.4. The number of ether oxygens (including phenoxy) is 1. The number of hydrogen-bond acceptors (Lipinski definition) is 5. The van der Waals surface area contributed by atoms with E-state index in [2.05, 4.69) is 21.9 Å². The Morgan fingerprint density at radius 2 is 2.07 bits per heavy atom. The Bertz CT molecular complexity index is 989. The van der Waals surface area contributed by atoms with Gasteiger partial charge in [-0.25, -0.2) is 0 Å². The molecular weight excluding hydrogens is 370 g/mol. The fraction of sp³-hybridized carbons (Fsp3) is 0.227. The van der Waals surface area contributed by atoms with E-state index in [1.807, 2.05) is 62.6 Å². The second-order valence-corrected chi connectivity index (χ2v) is 7.74. The number of benzene rings is 1. The van der Waals surface area contributed by atoms with E-state index < -0.39 is 11.0 Å². The maximum atomic E-state index is 12.8. The van der Waals surface area contributed by atoms with Gasteiger partial charge in [-0.3, -0.25) is 14.8 Å². The summed E-state index contributed by atoms with van der Waals surface area (Å²) >= 11 is 1.34. The smallest absolute Gasteiger partial charge is 0.272 e. The highest BCUT2D eigenvalue weighted by Crippen LogP contribution is 2.25. The molecule has 0 aliphatic rings. The molecule has 0 spiro atoms. The molecule has 1 aromatic carbocycles. The van der Waals surface area contributed by atoms with Crippen LogP contribution in [0, 0.1) is 0 Å². The lowest BCUT2D eigenvalue weighted by Gasteiger charge is -2.28. The van der Waals surface area contributed by atoms with Crippen LogP contribution in [0.4, 0.5) is 0 Å². The highest BCUT2D eigenvalue weighted by molar-refractivity contribution is 7.99. The molecule has 0 saturated heterocycles. The number of hydrogen-bond donors (Lipinski definition) is 1. The summed E-state index contributed by atoms with van der Waals surface area (Å²) in [6.07, 6.45) is 7.08. The molecule has 0 saturated carbocycles. The zero-order chi connectivity index (χ0) is 20.1. The van der Waals surface area contributed by atoms with E-state index in [1.165, 1.54) is 11.8 Å². The Hall–Kier alpha value is -2.86. The number of carbonyl (C=O) groups is 1. The Labute approximate surface area is 169 Å². The number of aromatic nitrogens is 2. The number of amides is 1. The predicted molar refractivity (Wildman–Crippen MR) is 115 cm³/mol. The van der Waals surface area contributed by atoms with Crippen molar-refractivity contribution in [2.75, 3.05) is 6.26 Å². The minimum Gasteiger partial charge on any atom is -0.470 e. The summed E-state index contributed by atoms with van der Waals surface area (Å²) in [4.78, 5) is 21.6. The van der Waals surface area contributed by atoms with Gasteiger partial charge in [-0.05, 0) is 62.1 Å². The number of pyridine rings is 2. The van der Waals surface area contributed by atoms with Crippen molar-refractivity contribution in [3.05, 3.63) is 72.7 Å². The first-order valence-corrected chi connectivity index (χ1v) is 10.2. The molecule has 1 unspecified atom stereocenters. The van der Waals surface area contributed by atoms with Crippen molar-refractivity contribution in [2.24, 2.45) is 0 Å². The molecule has 2 aromatic heterocycles. The number of carbonyl (C=O) groups excluding carboxylic acids is 1. The molecule has 0 aliphatic heterocycles. The van der Waals surface area contributed by atoms with Crippen LogP contribution in [0.5, 0.6) is 5.75 Å². The average Bonchev–Trinajstić information content (AvgIpc) is 2.71. The second kappa shape index (κ2) is 8.44. The Morgan fingerprint density at radius 3 is 2.75 bits per heavy atom. The van der Waals surface area contributed by atoms with Crippen molar-refractivity contribution in [1.29, 1.82) is 0 Å². The topological polar surface area (TPSA) is 64.1 Å². The lowest BCUT2D eigenvalue weighted by molar-refractivity contribution is -0.126. The minimum absolute atomic E-state index is 0.207. The predicted octanol–water partition coefficient (Wildman–Crippen LogP) is 4.39. The van der Waals surface area contributed by atoms with Crippen LogP contribution in [0.15, 0.2) is 61.4 Å². The second-order valence-electron chi connectivity index (χ2n) is 6.84. The van der Waals surface area contributed by atoms with Crippen molar-refractivity contribution < 1.29 is 9.53 Å². The molecule has 0 aliphatic carbocycles. The van der Waals surface area contributed by atoms with E-state index >= 15 is 0 Å². The Kier molecular flexibility index (Phi) is 5.99. The maximum Gasteiger partial charge on any atom is 0.272 e. The van der Waals surface area contributed by atoms with Crippen LogP contribution >= 0.6 is 11.8 Å². The van der Waals surface area contributed by atoms with Crippen molar-refractivity contribution in [3.8, 4) is 5.75 Å². The molecule has 6 heteroatoms. The Morgan fingerprint density at radius 1 is 1.25 bits per heavy atom. The first-order valence-electron chi connectivity index (χ1n) is 8.88. The highest BCUT2D eigenvalue weighted by atomic mass is 32.2. The van der Waals surface area contributed by atoms with E-state index in [-0.39, 0.29) is 5.91 Å². The third kappa shape index (κ3) is 4.51. The third-order valence-electron chi connectivity index (χ3n) is 4.32. The van der Waals surface area contributed by atoms with Crippen molar-refractivity contribution in [3.63, 3.8) is 0 Å². The molecule has 3 rings (SSSR count). The number of nitrogens with one attached hydrogen (secondary N) is 1. The van der Waals surface area contributed by atoms with E-state index in [0.717, 1.165) is 22.2 Å². The molecule has 28 heavy (non-hydrogen) atoms. The summed E-state index contributed by atoms with van der Waals surface area (Å²) in [6.45, 7) is 7.61. The highest BCUT2D eigenvalue weighted by Gasteiger charge is 2.29. The van der Waals surface area contributed by atoms with E-state index in [0.29, 0.717) is 5.75 Å². The van der Waals surface area contributed by atoms with Gasteiger partial charge in [0, 0.05) is 17.8 Å². The monoisotopic (exact) mass is 393 g/mol. The Balaban J connectivity index is 1.77. The van der Waals surface area contributed by atoms with Gasteiger partial charge >= 0.3 is 0 Å². The van der Waals surface area contributed by atoms with Gasteiger partial charge in [0.15, 0.2) is 0 Å². The van der Waals surface area contributed by atoms with Gasteiger partial charge in [0.25, 0.3) is 5.91 Å². The van der Waals surface area contributed by atoms with Crippen molar-refractivity contribution >= 4 is 34.6 Å². The summed E-state index contributed by atoms with van der Waals surface area (Å²) in [7, 11) is 0. The van der Waals surface area contributed by atoms with Gasteiger partial charge in [0.2, 0.25) is 5.44 Å². The lowest BCUT2D eigenvalue weighted by Crippen LogP contribution is -2.47. The van der Waals surface area contributed by atoms with Gasteiger partial charge in [-0.1, -0.05) is 18.7 Å². The minimum atomic E-state index is -0.684. The van der Waals surface area contributed by atoms with Crippen LogP contribution in [0.1, 0.15) is 25.1 Å². The summed E-state index contributed by atoms with van der Waals surface area (Å²) in [5.74, 6) is 0.405. The van der Waals surface area contributed by atoms with Crippen LogP contribution in [-0.2, 0) is 10.3 Å². The molecule has 2 heterocycles. The molecule has 0 fully saturated rings. The summed E-state index contributed by atoms with van der Waals surface area (Å²) in [5.41, 5.74) is 1.29. The van der Waals surface area contributed by atoms with E-state index in [9.17, 15) is 4.79 Å². The van der Waals surface area contributed by atoms with Gasteiger partial charge in [-0.2, -0.15) is 0 Å². The third-order valence-corrected chi connectivity index (χ3v) is 5.06. The fourth-order valence-electron chi connectivity index (χ4n) is 2.81. The van der Waals surface area contributed by atoms with Crippen LogP contribution in [0.3, 0.4) is 0 Å². The number of thioether (sulfide) groups is 1. The standard InChI is InChI=1S/C22H23N3O2S/c1-5-15-12-16-13-17(9-10-18(16)24-14-15)27-21(28-4)20(26)25-22(2,3)19-8-6-7-11-23-19/h5-14,21H,1H2,2-4H3,(H,25,26). The molecule has 5 nitrogen and oxygen atoms in total. The average molecular weight is 394 g/mol. The molecule has 144 valence electrons. The first kappa shape index (κ1) is 19.9. The van der Waals surface area contributed by atoms with Crippen molar-refractivity contribution in [2.45, 2.75) is 24.8 Å². The maximum absolute atomic E-state index is 12.8.